The number of rotatable bonds is 8. The van der Waals surface area contributed by atoms with Crippen LogP contribution < -0.4 is 4.90 Å². The lowest BCUT2D eigenvalue weighted by atomic mass is 9.98. The van der Waals surface area contributed by atoms with E-state index in [1.54, 1.807) is 0 Å². The van der Waals surface area contributed by atoms with Crippen LogP contribution in [0.2, 0.25) is 0 Å². The molecule has 2 heteroatoms. The Morgan fingerprint density at radius 2 is 0.732 bits per heavy atom. The lowest BCUT2D eigenvalue weighted by molar-refractivity contribution is 1.18. The molecule has 264 valence electrons. The second-order valence-electron chi connectivity index (χ2n) is 14.1. The molecule has 10 aromatic rings. The summed E-state index contributed by atoms with van der Waals surface area (Å²) in [4.78, 5) is 2.40. The fourth-order valence-electron chi connectivity index (χ4n) is 8.21. The van der Waals surface area contributed by atoms with Gasteiger partial charge >= 0.3 is 0 Å². The summed E-state index contributed by atoms with van der Waals surface area (Å²) in [5, 5.41) is 2.48. The van der Waals surface area contributed by atoms with E-state index in [1.165, 1.54) is 55.2 Å². The molecule has 0 saturated heterocycles. The summed E-state index contributed by atoms with van der Waals surface area (Å²) in [6.07, 6.45) is 0. The van der Waals surface area contributed by atoms with Crippen LogP contribution in [0.4, 0.5) is 17.1 Å². The van der Waals surface area contributed by atoms with Crippen LogP contribution in [0.15, 0.2) is 231 Å². The van der Waals surface area contributed by atoms with Gasteiger partial charge in [0.2, 0.25) is 0 Å². The van der Waals surface area contributed by atoms with Crippen LogP contribution in [0, 0.1) is 0 Å². The molecule has 0 radical (unpaired) electrons. The maximum atomic E-state index is 2.48. The maximum absolute atomic E-state index is 2.48. The van der Waals surface area contributed by atoms with Gasteiger partial charge in [-0.05, 0) is 70.3 Å². The van der Waals surface area contributed by atoms with Gasteiger partial charge in [-0.3, -0.25) is 0 Å². The number of hydrogen-bond acceptors (Lipinski definition) is 1. The molecule has 1 heterocycles. The molecular formula is C54H38N2. The molecular weight excluding hydrogens is 677 g/mol. The summed E-state index contributed by atoms with van der Waals surface area (Å²) in [7, 11) is 0. The van der Waals surface area contributed by atoms with E-state index in [0.29, 0.717) is 0 Å². The molecule has 0 amide bonds. The third-order valence-electron chi connectivity index (χ3n) is 10.8. The number of nitrogens with zero attached hydrogens (tertiary/aromatic N) is 2. The third-order valence-corrected chi connectivity index (χ3v) is 10.8. The number of para-hydroxylation sites is 4. The standard InChI is InChI=1S/C54H38N2/c1-4-17-39(18-5-1)41-31-35-44(36-32-41)55(45-37-33-42(34-38-45)40-19-6-2-7-20-40)51-28-13-10-23-47(51)48-24-11-14-29-52(48)56-53-30-15-12-25-49(53)50-27-16-26-46(54(50)56)43-21-8-3-9-22-43/h1-38H. The minimum absolute atomic E-state index is 1.09. The smallest absolute Gasteiger partial charge is 0.0619 e. The highest BCUT2D eigenvalue weighted by atomic mass is 15.1. The molecule has 0 spiro atoms. The minimum Gasteiger partial charge on any atom is -0.310 e. The summed E-state index contributed by atoms with van der Waals surface area (Å²) in [6.45, 7) is 0. The van der Waals surface area contributed by atoms with Gasteiger partial charge in [-0.15, -0.1) is 0 Å². The number of benzene rings is 9. The van der Waals surface area contributed by atoms with Crippen LogP contribution >= 0.6 is 0 Å². The van der Waals surface area contributed by atoms with Crippen molar-refractivity contribution < 1.29 is 0 Å². The van der Waals surface area contributed by atoms with Gasteiger partial charge in [0.1, 0.15) is 0 Å². The number of anilines is 3. The lowest BCUT2D eigenvalue weighted by Gasteiger charge is -2.29. The first-order valence-corrected chi connectivity index (χ1v) is 19.2. The zero-order valence-electron chi connectivity index (χ0n) is 30.8. The molecule has 0 saturated carbocycles. The van der Waals surface area contributed by atoms with Crippen molar-refractivity contribution in [2.24, 2.45) is 0 Å². The van der Waals surface area contributed by atoms with Gasteiger partial charge in [-0.2, -0.15) is 0 Å². The van der Waals surface area contributed by atoms with Crippen molar-refractivity contribution in [2.75, 3.05) is 4.90 Å². The number of hydrogen-bond donors (Lipinski definition) is 0. The van der Waals surface area contributed by atoms with E-state index in [1.807, 2.05) is 0 Å². The zero-order valence-corrected chi connectivity index (χ0v) is 30.8. The first-order valence-electron chi connectivity index (χ1n) is 19.2. The zero-order chi connectivity index (χ0) is 37.3. The van der Waals surface area contributed by atoms with Gasteiger partial charge in [0.25, 0.3) is 0 Å². The van der Waals surface area contributed by atoms with Gasteiger partial charge in [0, 0.05) is 38.8 Å². The second-order valence-corrected chi connectivity index (χ2v) is 14.1. The predicted octanol–water partition coefficient (Wildman–Crippen LogP) is 14.9. The van der Waals surface area contributed by atoms with Crippen molar-refractivity contribution in [3.05, 3.63) is 231 Å². The predicted molar refractivity (Wildman–Crippen MR) is 237 cm³/mol. The average molecular weight is 715 g/mol. The molecule has 2 nitrogen and oxygen atoms in total. The fraction of sp³-hybridized carbons (Fsp3) is 0. The summed E-state index contributed by atoms with van der Waals surface area (Å²) < 4.78 is 2.48. The highest BCUT2D eigenvalue weighted by Gasteiger charge is 2.22. The van der Waals surface area contributed by atoms with E-state index in [-0.39, 0.29) is 0 Å². The molecule has 9 aromatic carbocycles. The van der Waals surface area contributed by atoms with Gasteiger partial charge in [-0.25, -0.2) is 0 Å². The second kappa shape index (κ2) is 14.4. The minimum atomic E-state index is 1.09. The van der Waals surface area contributed by atoms with E-state index in [2.05, 4.69) is 240 Å². The molecule has 0 fully saturated rings. The molecule has 0 aliphatic heterocycles. The van der Waals surface area contributed by atoms with Crippen LogP contribution in [0.25, 0.3) is 72.0 Å². The van der Waals surface area contributed by atoms with E-state index in [0.717, 1.165) is 33.9 Å². The van der Waals surface area contributed by atoms with Crippen molar-refractivity contribution in [3.63, 3.8) is 0 Å². The Morgan fingerprint density at radius 1 is 0.286 bits per heavy atom. The Morgan fingerprint density at radius 3 is 1.36 bits per heavy atom. The molecule has 0 atom stereocenters. The average Bonchev–Trinajstić information content (AvgIpc) is 3.63. The van der Waals surface area contributed by atoms with Crippen molar-refractivity contribution in [1.82, 2.24) is 4.57 Å². The topological polar surface area (TPSA) is 8.17 Å². The largest absolute Gasteiger partial charge is 0.310 e. The SMILES string of the molecule is c1ccc(-c2ccc(N(c3ccc(-c4ccccc4)cc3)c3ccccc3-c3ccccc3-n3c4ccccc4c4cccc(-c5ccccc5)c43)cc2)cc1. The summed E-state index contributed by atoms with van der Waals surface area (Å²) >= 11 is 0. The Bertz CT molecular complexity index is 2840. The van der Waals surface area contributed by atoms with Crippen molar-refractivity contribution in [3.8, 4) is 50.2 Å². The molecule has 1 aromatic heterocycles. The van der Waals surface area contributed by atoms with Gasteiger partial charge in [0.15, 0.2) is 0 Å². The molecule has 0 aliphatic rings. The monoisotopic (exact) mass is 714 g/mol. The first kappa shape index (κ1) is 33.2. The van der Waals surface area contributed by atoms with Crippen LogP contribution in [0.3, 0.4) is 0 Å². The Hall–Kier alpha value is -7.42. The molecule has 0 N–H and O–H groups in total. The first-order chi connectivity index (χ1) is 27.8. The Labute approximate surface area is 327 Å². The van der Waals surface area contributed by atoms with Crippen LogP contribution in [-0.4, -0.2) is 4.57 Å². The van der Waals surface area contributed by atoms with Gasteiger partial charge in [0.05, 0.1) is 22.4 Å². The highest BCUT2D eigenvalue weighted by molar-refractivity contribution is 6.14. The highest BCUT2D eigenvalue weighted by Crippen LogP contribution is 2.45. The number of fused-ring (bicyclic) bond motifs is 3. The summed E-state index contributed by atoms with van der Waals surface area (Å²) in [6, 6.07) is 83.0. The normalized spacial score (nSPS) is 11.2. The van der Waals surface area contributed by atoms with E-state index in [9.17, 15) is 0 Å². The Balaban J connectivity index is 1.19. The number of aromatic nitrogens is 1. The van der Waals surface area contributed by atoms with Crippen LogP contribution in [0.5, 0.6) is 0 Å². The summed E-state index contributed by atoms with van der Waals surface area (Å²) in [5.74, 6) is 0. The van der Waals surface area contributed by atoms with Crippen LogP contribution in [-0.2, 0) is 0 Å². The quantitative estimate of drug-likeness (QED) is 0.152. The van der Waals surface area contributed by atoms with E-state index >= 15 is 0 Å². The van der Waals surface area contributed by atoms with E-state index < -0.39 is 0 Å². The lowest BCUT2D eigenvalue weighted by Crippen LogP contribution is -2.11. The molecule has 56 heavy (non-hydrogen) atoms. The molecule has 0 aliphatic carbocycles. The van der Waals surface area contributed by atoms with Crippen molar-refractivity contribution in [2.45, 2.75) is 0 Å². The molecule has 10 rings (SSSR count). The van der Waals surface area contributed by atoms with Gasteiger partial charge < -0.3 is 9.47 Å². The molecule has 0 unspecified atom stereocenters. The van der Waals surface area contributed by atoms with Gasteiger partial charge in [-0.1, -0.05) is 188 Å². The van der Waals surface area contributed by atoms with E-state index in [4.69, 9.17) is 0 Å². The van der Waals surface area contributed by atoms with Crippen molar-refractivity contribution >= 4 is 38.9 Å². The fourth-order valence-corrected chi connectivity index (χ4v) is 8.21. The third kappa shape index (κ3) is 5.95. The molecule has 0 bridgehead atoms. The maximum Gasteiger partial charge on any atom is 0.0619 e. The summed E-state index contributed by atoms with van der Waals surface area (Å²) in [5.41, 5.74) is 16.3. The van der Waals surface area contributed by atoms with Crippen molar-refractivity contribution in [1.29, 1.82) is 0 Å². The van der Waals surface area contributed by atoms with Crippen LogP contribution in [0.1, 0.15) is 0 Å². The Kier molecular flexibility index (Phi) is 8.55.